The molecule has 0 saturated heterocycles. The number of nitrogens with one attached hydrogen (secondary N) is 1. The minimum atomic E-state index is -0.119. The molecule has 28 heavy (non-hydrogen) atoms. The van der Waals surface area contributed by atoms with Crippen molar-refractivity contribution in [1.29, 1.82) is 0 Å². The molecule has 0 aliphatic rings. The lowest BCUT2D eigenvalue weighted by atomic mass is 10.1. The number of rotatable bonds is 6. The maximum Gasteiger partial charge on any atom is 0.262 e. The lowest BCUT2D eigenvalue weighted by Gasteiger charge is -2.13. The summed E-state index contributed by atoms with van der Waals surface area (Å²) >= 11 is 4.69. The highest BCUT2D eigenvalue weighted by molar-refractivity contribution is 9.10. The van der Waals surface area contributed by atoms with Crippen LogP contribution in [0.2, 0.25) is 0 Å². The summed E-state index contributed by atoms with van der Waals surface area (Å²) in [5.74, 6) is 0.0675. The van der Waals surface area contributed by atoms with Crippen LogP contribution in [-0.4, -0.2) is 21.2 Å². The van der Waals surface area contributed by atoms with Crippen molar-refractivity contribution in [2.75, 3.05) is 11.1 Å². The molecular weight excluding hydrogens is 438 g/mol. The Kier molecular flexibility index (Phi) is 6.57. The number of amides is 1. The lowest BCUT2D eigenvalue weighted by Crippen LogP contribution is -2.24. The molecule has 0 radical (unpaired) electrons. The average Bonchev–Trinajstić information content (AvgIpc) is 2.67. The van der Waals surface area contributed by atoms with Crippen LogP contribution in [0.5, 0.6) is 0 Å². The summed E-state index contributed by atoms with van der Waals surface area (Å²) < 4.78 is 2.50. The largest absolute Gasteiger partial charge is 0.325 e. The number of nitrogens with zero attached hydrogens (tertiary/aromatic N) is 2. The van der Waals surface area contributed by atoms with E-state index in [0.29, 0.717) is 22.6 Å². The quantitative estimate of drug-likeness (QED) is 0.419. The number of aryl methyl sites for hydroxylation is 1. The van der Waals surface area contributed by atoms with Gasteiger partial charge in [0.05, 0.1) is 16.7 Å². The highest BCUT2D eigenvalue weighted by Crippen LogP contribution is 2.22. The van der Waals surface area contributed by atoms with Crippen molar-refractivity contribution in [2.45, 2.75) is 38.9 Å². The molecule has 5 nitrogen and oxygen atoms in total. The van der Waals surface area contributed by atoms with E-state index in [1.165, 1.54) is 11.8 Å². The van der Waals surface area contributed by atoms with E-state index in [1.54, 1.807) is 10.6 Å². The third kappa shape index (κ3) is 4.47. The second-order valence-electron chi connectivity index (χ2n) is 6.60. The molecule has 0 bridgehead atoms. The number of carbonyl (C=O) groups is 1. The average molecular weight is 460 g/mol. The smallest absolute Gasteiger partial charge is 0.262 e. The van der Waals surface area contributed by atoms with Gasteiger partial charge in [0.15, 0.2) is 5.16 Å². The van der Waals surface area contributed by atoms with Gasteiger partial charge in [0.2, 0.25) is 5.91 Å². The number of hydrogen-bond acceptors (Lipinski definition) is 4. The van der Waals surface area contributed by atoms with E-state index in [-0.39, 0.29) is 17.2 Å². The molecule has 2 aromatic carbocycles. The van der Waals surface area contributed by atoms with Crippen LogP contribution in [-0.2, 0) is 11.3 Å². The van der Waals surface area contributed by atoms with Gasteiger partial charge in [-0.1, -0.05) is 46.7 Å². The Balaban J connectivity index is 1.84. The van der Waals surface area contributed by atoms with E-state index < -0.39 is 0 Å². The third-order valence-corrected chi connectivity index (χ3v) is 6.01. The van der Waals surface area contributed by atoms with E-state index >= 15 is 0 Å². The van der Waals surface area contributed by atoms with Crippen molar-refractivity contribution >= 4 is 50.2 Å². The number of benzene rings is 2. The van der Waals surface area contributed by atoms with Crippen LogP contribution < -0.4 is 10.9 Å². The lowest BCUT2D eigenvalue weighted by molar-refractivity contribution is -0.113. The number of thioether (sulfide) groups is 1. The van der Waals surface area contributed by atoms with Crippen LogP contribution in [0.15, 0.2) is 50.8 Å². The Morgan fingerprint density at radius 2 is 2.04 bits per heavy atom. The van der Waals surface area contributed by atoms with Gasteiger partial charge in [0.1, 0.15) is 0 Å². The first-order valence-electron chi connectivity index (χ1n) is 9.09. The van der Waals surface area contributed by atoms with E-state index in [0.717, 1.165) is 27.7 Å². The van der Waals surface area contributed by atoms with Crippen LogP contribution in [0, 0.1) is 13.8 Å². The van der Waals surface area contributed by atoms with Crippen molar-refractivity contribution in [3.8, 4) is 0 Å². The van der Waals surface area contributed by atoms with E-state index in [4.69, 9.17) is 0 Å². The van der Waals surface area contributed by atoms with Crippen molar-refractivity contribution < 1.29 is 4.79 Å². The molecule has 1 heterocycles. The molecule has 0 fully saturated rings. The van der Waals surface area contributed by atoms with Gasteiger partial charge < -0.3 is 5.32 Å². The number of hydrogen-bond donors (Lipinski definition) is 1. The van der Waals surface area contributed by atoms with Crippen LogP contribution in [0.3, 0.4) is 0 Å². The standard InChI is InChI=1S/C21H22BrN3O2S/c1-4-10-25-20(27)16-11-15(22)8-9-18(16)24-21(25)28-12-19(26)23-17-7-5-6-13(2)14(17)3/h5-9,11H,4,10,12H2,1-3H3,(H,23,26). The molecule has 7 heteroatoms. The second-order valence-corrected chi connectivity index (χ2v) is 8.46. The van der Waals surface area contributed by atoms with Gasteiger partial charge in [0.25, 0.3) is 5.56 Å². The maximum atomic E-state index is 12.9. The highest BCUT2D eigenvalue weighted by atomic mass is 79.9. The first-order chi connectivity index (χ1) is 13.4. The van der Waals surface area contributed by atoms with Gasteiger partial charge in [-0.2, -0.15) is 0 Å². The van der Waals surface area contributed by atoms with E-state index in [1.807, 2.05) is 51.1 Å². The predicted molar refractivity (Wildman–Crippen MR) is 119 cm³/mol. The maximum absolute atomic E-state index is 12.9. The summed E-state index contributed by atoms with van der Waals surface area (Å²) in [6.45, 7) is 6.58. The van der Waals surface area contributed by atoms with Crippen LogP contribution >= 0.6 is 27.7 Å². The Morgan fingerprint density at radius 1 is 1.25 bits per heavy atom. The number of aromatic nitrogens is 2. The molecule has 1 N–H and O–H groups in total. The molecule has 1 aromatic heterocycles. The highest BCUT2D eigenvalue weighted by Gasteiger charge is 2.14. The molecule has 0 saturated carbocycles. The predicted octanol–water partition coefficient (Wildman–Crippen LogP) is 4.92. The van der Waals surface area contributed by atoms with Gasteiger partial charge in [-0.3, -0.25) is 14.2 Å². The minimum Gasteiger partial charge on any atom is -0.325 e. The fourth-order valence-electron chi connectivity index (χ4n) is 2.91. The molecule has 0 atom stereocenters. The topological polar surface area (TPSA) is 64.0 Å². The van der Waals surface area contributed by atoms with Crippen molar-refractivity contribution in [2.24, 2.45) is 0 Å². The van der Waals surface area contributed by atoms with Crippen molar-refractivity contribution in [1.82, 2.24) is 9.55 Å². The molecule has 0 aliphatic heterocycles. The monoisotopic (exact) mass is 459 g/mol. The van der Waals surface area contributed by atoms with Gasteiger partial charge >= 0.3 is 0 Å². The Bertz CT molecular complexity index is 1090. The molecule has 3 aromatic rings. The Morgan fingerprint density at radius 3 is 2.79 bits per heavy atom. The summed E-state index contributed by atoms with van der Waals surface area (Å²) in [5, 5.41) is 4.09. The summed E-state index contributed by atoms with van der Waals surface area (Å²) in [6.07, 6.45) is 0.809. The van der Waals surface area contributed by atoms with E-state index in [2.05, 4.69) is 26.2 Å². The van der Waals surface area contributed by atoms with Crippen LogP contribution in [0.25, 0.3) is 10.9 Å². The van der Waals surface area contributed by atoms with Gasteiger partial charge in [0, 0.05) is 16.7 Å². The zero-order valence-corrected chi connectivity index (χ0v) is 18.5. The summed E-state index contributed by atoms with van der Waals surface area (Å²) in [5.41, 5.74) is 3.55. The molecule has 1 amide bonds. The summed E-state index contributed by atoms with van der Waals surface area (Å²) in [6, 6.07) is 11.3. The second kappa shape index (κ2) is 8.92. The molecular formula is C21H22BrN3O2S. The molecule has 0 unspecified atom stereocenters. The zero-order chi connectivity index (χ0) is 20.3. The fourth-order valence-corrected chi connectivity index (χ4v) is 4.09. The third-order valence-electron chi connectivity index (χ3n) is 4.54. The fraction of sp³-hybridized carbons (Fsp3) is 0.286. The first-order valence-corrected chi connectivity index (χ1v) is 10.9. The van der Waals surface area contributed by atoms with Gasteiger partial charge in [-0.05, 0) is 55.7 Å². The molecule has 3 rings (SSSR count). The number of carbonyl (C=O) groups excluding carboxylic acids is 1. The Hall–Kier alpha value is -2.12. The summed E-state index contributed by atoms with van der Waals surface area (Å²) in [4.78, 5) is 30.0. The molecule has 146 valence electrons. The van der Waals surface area contributed by atoms with Crippen LogP contribution in [0.4, 0.5) is 5.69 Å². The number of anilines is 1. The van der Waals surface area contributed by atoms with Gasteiger partial charge in [-0.15, -0.1) is 0 Å². The van der Waals surface area contributed by atoms with Crippen molar-refractivity contribution in [3.05, 3.63) is 62.4 Å². The minimum absolute atomic E-state index is 0.0782. The van der Waals surface area contributed by atoms with Crippen LogP contribution in [0.1, 0.15) is 24.5 Å². The molecule has 0 spiro atoms. The number of fused-ring (bicyclic) bond motifs is 1. The van der Waals surface area contributed by atoms with Gasteiger partial charge in [-0.25, -0.2) is 4.98 Å². The SMILES string of the molecule is CCCn1c(SCC(=O)Nc2cccc(C)c2C)nc2ccc(Br)cc2c1=O. The molecule has 0 aliphatic carbocycles. The normalized spacial score (nSPS) is 11.0. The zero-order valence-electron chi connectivity index (χ0n) is 16.1. The first kappa shape index (κ1) is 20.6. The Labute approximate surface area is 176 Å². The van der Waals surface area contributed by atoms with Crippen molar-refractivity contribution in [3.63, 3.8) is 0 Å². The van der Waals surface area contributed by atoms with E-state index in [9.17, 15) is 9.59 Å². The summed E-state index contributed by atoms with van der Waals surface area (Å²) in [7, 11) is 0. The number of halogens is 1.